The summed E-state index contributed by atoms with van der Waals surface area (Å²) in [6.07, 6.45) is 2.32. The van der Waals surface area contributed by atoms with Gasteiger partial charge in [-0.2, -0.15) is 0 Å². The van der Waals surface area contributed by atoms with Crippen molar-refractivity contribution in [3.63, 3.8) is 0 Å². The van der Waals surface area contributed by atoms with Gasteiger partial charge in [0, 0.05) is 12.6 Å². The van der Waals surface area contributed by atoms with Gasteiger partial charge in [0.05, 0.1) is 4.90 Å². The zero-order valence-corrected chi connectivity index (χ0v) is 11.9. The molecule has 0 amide bonds. The van der Waals surface area contributed by atoms with Crippen LogP contribution in [0.5, 0.6) is 5.75 Å². The lowest BCUT2D eigenvalue weighted by Crippen LogP contribution is -2.28. The van der Waals surface area contributed by atoms with Gasteiger partial charge >= 0.3 is 0 Å². The van der Waals surface area contributed by atoms with Gasteiger partial charge in [0.15, 0.2) is 0 Å². The van der Waals surface area contributed by atoms with E-state index in [1.165, 1.54) is 6.42 Å². The molecule has 1 atom stereocenters. The highest BCUT2D eigenvalue weighted by atomic mass is 32.2. The van der Waals surface area contributed by atoms with Crippen LogP contribution in [0.15, 0.2) is 29.2 Å². The number of ether oxygens (including phenoxy) is 1. The van der Waals surface area contributed by atoms with E-state index in [2.05, 4.69) is 10.0 Å². The van der Waals surface area contributed by atoms with Gasteiger partial charge in [0.2, 0.25) is 10.0 Å². The minimum absolute atomic E-state index is 0.265. The Balaban J connectivity index is 1.94. The molecule has 19 heavy (non-hydrogen) atoms. The summed E-state index contributed by atoms with van der Waals surface area (Å²) in [7, 11) is -3.38. The molecular weight excluding hydrogens is 264 g/mol. The third-order valence-electron chi connectivity index (χ3n) is 3.08. The van der Waals surface area contributed by atoms with Gasteiger partial charge in [-0.25, -0.2) is 13.1 Å². The van der Waals surface area contributed by atoms with E-state index in [1.807, 2.05) is 0 Å². The molecule has 0 aliphatic carbocycles. The zero-order valence-electron chi connectivity index (χ0n) is 11.1. The molecular formula is C13H20N2O3S. The highest BCUT2D eigenvalue weighted by molar-refractivity contribution is 7.89. The monoisotopic (exact) mass is 284 g/mol. The average Bonchev–Trinajstić information content (AvgIpc) is 2.90. The van der Waals surface area contributed by atoms with Crippen LogP contribution in [0.4, 0.5) is 0 Å². The van der Waals surface area contributed by atoms with Crippen LogP contribution in [0.1, 0.15) is 19.8 Å². The predicted molar refractivity (Wildman–Crippen MR) is 73.8 cm³/mol. The van der Waals surface area contributed by atoms with E-state index in [9.17, 15) is 8.42 Å². The first kappa shape index (κ1) is 14.3. The second-order valence-electron chi connectivity index (χ2n) is 4.58. The summed E-state index contributed by atoms with van der Waals surface area (Å²) in [6.45, 7) is 3.81. The van der Waals surface area contributed by atoms with Gasteiger partial charge in [-0.3, -0.25) is 0 Å². The Hall–Kier alpha value is -1.11. The van der Waals surface area contributed by atoms with Crippen molar-refractivity contribution >= 4 is 10.0 Å². The summed E-state index contributed by atoms with van der Waals surface area (Å²) in [5.41, 5.74) is 0. The van der Waals surface area contributed by atoms with Gasteiger partial charge in [0.1, 0.15) is 12.4 Å². The van der Waals surface area contributed by atoms with Crippen molar-refractivity contribution in [2.24, 2.45) is 0 Å². The Morgan fingerprint density at radius 1 is 1.37 bits per heavy atom. The number of hydrogen-bond acceptors (Lipinski definition) is 4. The Labute approximate surface area is 114 Å². The Morgan fingerprint density at radius 2 is 2.11 bits per heavy atom. The van der Waals surface area contributed by atoms with E-state index in [1.54, 1.807) is 31.2 Å². The van der Waals surface area contributed by atoms with E-state index < -0.39 is 10.0 Å². The van der Waals surface area contributed by atoms with Crippen LogP contribution < -0.4 is 14.8 Å². The van der Waals surface area contributed by atoms with Gasteiger partial charge in [-0.05, 0) is 43.7 Å². The Morgan fingerprint density at radius 3 is 2.68 bits per heavy atom. The molecule has 0 radical (unpaired) electrons. The summed E-state index contributed by atoms with van der Waals surface area (Å²) in [6, 6.07) is 6.92. The van der Waals surface area contributed by atoms with E-state index in [0.29, 0.717) is 24.9 Å². The second kappa shape index (κ2) is 6.36. The third kappa shape index (κ3) is 3.92. The van der Waals surface area contributed by atoms with Crippen LogP contribution in [-0.4, -0.2) is 34.2 Å². The fraction of sp³-hybridized carbons (Fsp3) is 0.538. The van der Waals surface area contributed by atoms with Crippen LogP contribution in [0.3, 0.4) is 0 Å². The molecule has 6 heteroatoms. The second-order valence-corrected chi connectivity index (χ2v) is 6.34. The Kier molecular flexibility index (Phi) is 4.79. The molecule has 1 unspecified atom stereocenters. The zero-order chi connectivity index (χ0) is 13.7. The number of nitrogens with one attached hydrogen (secondary N) is 2. The smallest absolute Gasteiger partial charge is 0.240 e. The molecule has 0 spiro atoms. The molecule has 1 heterocycles. The van der Waals surface area contributed by atoms with Gasteiger partial charge in [0.25, 0.3) is 0 Å². The van der Waals surface area contributed by atoms with Gasteiger partial charge in [-0.1, -0.05) is 6.92 Å². The number of sulfonamides is 1. The van der Waals surface area contributed by atoms with Crippen molar-refractivity contribution in [3.05, 3.63) is 24.3 Å². The fourth-order valence-corrected chi connectivity index (χ4v) is 3.13. The molecule has 2 rings (SSSR count). The van der Waals surface area contributed by atoms with E-state index in [0.717, 1.165) is 13.0 Å². The highest BCUT2D eigenvalue weighted by Gasteiger charge is 2.15. The molecule has 106 valence electrons. The topological polar surface area (TPSA) is 67.4 Å². The molecule has 1 aliphatic heterocycles. The first-order valence-corrected chi connectivity index (χ1v) is 8.06. The maximum atomic E-state index is 11.7. The molecule has 2 N–H and O–H groups in total. The van der Waals surface area contributed by atoms with E-state index >= 15 is 0 Å². The van der Waals surface area contributed by atoms with Crippen LogP contribution in [0, 0.1) is 0 Å². The molecule has 0 aromatic heterocycles. The van der Waals surface area contributed by atoms with Crippen LogP contribution in [0.2, 0.25) is 0 Å². The minimum atomic E-state index is -3.38. The average molecular weight is 284 g/mol. The maximum Gasteiger partial charge on any atom is 0.240 e. The lowest BCUT2D eigenvalue weighted by atomic mass is 10.2. The van der Waals surface area contributed by atoms with E-state index in [4.69, 9.17) is 4.74 Å². The minimum Gasteiger partial charge on any atom is -0.492 e. The largest absolute Gasteiger partial charge is 0.492 e. The molecule has 0 saturated carbocycles. The van der Waals surface area contributed by atoms with Crippen molar-refractivity contribution in [2.45, 2.75) is 30.7 Å². The summed E-state index contributed by atoms with van der Waals surface area (Å²) >= 11 is 0. The van der Waals surface area contributed by atoms with Crippen molar-refractivity contribution in [1.82, 2.24) is 10.0 Å². The molecule has 1 aliphatic rings. The van der Waals surface area contributed by atoms with Crippen LogP contribution in [-0.2, 0) is 10.0 Å². The van der Waals surface area contributed by atoms with Crippen LogP contribution >= 0.6 is 0 Å². The number of hydrogen-bond donors (Lipinski definition) is 2. The fourth-order valence-electron chi connectivity index (χ4n) is 2.08. The molecule has 1 fully saturated rings. The summed E-state index contributed by atoms with van der Waals surface area (Å²) in [4.78, 5) is 0.265. The maximum absolute atomic E-state index is 11.7. The van der Waals surface area contributed by atoms with Crippen LogP contribution in [0.25, 0.3) is 0 Å². The van der Waals surface area contributed by atoms with Crippen molar-refractivity contribution in [3.8, 4) is 5.75 Å². The Bertz CT molecular complexity index is 493. The first-order chi connectivity index (χ1) is 9.12. The van der Waals surface area contributed by atoms with Gasteiger partial charge in [-0.15, -0.1) is 0 Å². The van der Waals surface area contributed by atoms with E-state index in [-0.39, 0.29) is 4.90 Å². The highest BCUT2D eigenvalue weighted by Crippen LogP contribution is 2.16. The number of benzene rings is 1. The molecule has 0 bridgehead atoms. The summed E-state index contributed by atoms with van der Waals surface area (Å²) < 4.78 is 31.6. The lowest BCUT2D eigenvalue weighted by Gasteiger charge is -2.12. The van der Waals surface area contributed by atoms with Gasteiger partial charge < -0.3 is 10.1 Å². The standard InChI is InChI=1S/C13H20N2O3S/c1-2-15-19(16,17)13-7-5-12(6-8-13)18-10-11-4-3-9-14-11/h5-8,11,14-15H,2-4,9-10H2,1H3. The molecule has 5 nitrogen and oxygen atoms in total. The normalized spacial score (nSPS) is 19.5. The third-order valence-corrected chi connectivity index (χ3v) is 4.64. The predicted octanol–water partition coefficient (Wildman–Crippen LogP) is 1.12. The van der Waals surface area contributed by atoms with Crippen molar-refractivity contribution in [2.75, 3.05) is 19.7 Å². The molecule has 1 aromatic rings. The number of rotatable bonds is 6. The molecule has 1 aromatic carbocycles. The summed E-state index contributed by atoms with van der Waals surface area (Å²) in [5, 5.41) is 3.35. The summed E-state index contributed by atoms with van der Waals surface area (Å²) in [5.74, 6) is 0.698. The van der Waals surface area contributed by atoms with Crippen molar-refractivity contribution in [1.29, 1.82) is 0 Å². The lowest BCUT2D eigenvalue weighted by molar-refractivity contribution is 0.277. The first-order valence-electron chi connectivity index (χ1n) is 6.58. The quantitative estimate of drug-likeness (QED) is 0.821. The molecule has 1 saturated heterocycles. The SMILES string of the molecule is CCNS(=O)(=O)c1ccc(OCC2CCCN2)cc1. The van der Waals surface area contributed by atoms with Crippen molar-refractivity contribution < 1.29 is 13.2 Å².